The predicted octanol–water partition coefficient (Wildman–Crippen LogP) is 4.04. The van der Waals surface area contributed by atoms with Gasteiger partial charge in [0.25, 0.3) is 0 Å². The van der Waals surface area contributed by atoms with Crippen LogP contribution in [0.1, 0.15) is 12.5 Å². The summed E-state index contributed by atoms with van der Waals surface area (Å²) in [5.41, 5.74) is 1.89. The standard InChI is InChI=1S/C24H23FN2O5S/c1-2-16-3-6-18(7-4-16)27-24(28)15-26-20-9-5-17(25)13-23(20)33(29,30)19-8-10-21-22(14-19)32-12-11-31-21/h3-10,13-14,26H,2,11-12,15H2,1H3,(H,27,28). The van der Waals surface area contributed by atoms with Crippen LogP contribution in [0.3, 0.4) is 0 Å². The van der Waals surface area contributed by atoms with Gasteiger partial charge in [-0.25, -0.2) is 12.8 Å². The maximum Gasteiger partial charge on any atom is 0.243 e. The molecule has 3 aromatic carbocycles. The van der Waals surface area contributed by atoms with E-state index in [0.29, 0.717) is 30.4 Å². The second kappa shape index (κ2) is 9.50. The van der Waals surface area contributed by atoms with Gasteiger partial charge in [-0.1, -0.05) is 19.1 Å². The summed E-state index contributed by atoms with van der Waals surface area (Å²) in [5.74, 6) is -0.327. The molecule has 0 bridgehead atoms. The summed E-state index contributed by atoms with van der Waals surface area (Å²) in [5, 5.41) is 5.55. The molecule has 172 valence electrons. The van der Waals surface area contributed by atoms with Crippen LogP contribution in [0.2, 0.25) is 0 Å². The number of anilines is 2. The molecule has 7 nitrogen and oxygen atoms in total. The number of nitrogens with one attached hydrogen (secondary N) is 2. The third kappa shape index (κ3) is 5.09. The van der Waals surface area contributed by atoms with E-state index in [9.17, 15) is 17.6 Å². The zero-order chi connectivity index (χ0) is 23.4. The first kappa shape index (κ1) is 22.6. The van der Waals surface area contributed by atoms with Gasteiger partial charge in [-0.3, -0.25) is 4.79 Å². The van der Waals surface area contributed by atoms with Gasteiger partial charge in [-0.15, -0.1) is 0 Å². The Balaban J connectivity index is 1.54. The summed E-state index contributed by atoms with van der Waals surface area (Å²) < 4.78 is 51.5. The molecule has 2 N–H and O–H groups in total. The molecule has 0 radical (unpaired) electrons. The van der Waals surface area contributed by atoms with E-state index < -0.39 is 15.7 Å². The highest BCUT2D eigenvalue weighted by atomic mass is 32.2. The second-order valence-corrected chi connectivity index (χ2v) is 9.32. The van der Waals surface area contributed by atoms with Gasteiger partial charge >= 0.3 is 0 Å². The third-order valence-electron chi connectivity index (χ3n) is 5.14. The number of carbonyl (C=O) groups is 1. The average molecular weight is 471 g/mol. The normalized spacial score (nSPS) is 12.8. The Hall–Kier alpha value is -3.59. The minimum atomic E-state index is -4.11. The lowest BCUT2D eigenvalue weighted by atomic mass is 10.1. The lowest BCUT2D eigenvalue weighted by molar-refractivity contribution is -0.114. The van der Waals surface area contributed by atoms with Crippen LogP contribution >= 0.6 is 0 Å². The van der Waals surface area contributed by atoms with Crippen molar-refractivity contribution in [2.24, 2.45) is 0 Å². The molecule has 9 heteroatoms. The van der Waals surface area contributed by atoms with Gasteiger partial charge in [0.2, 0.25) is 15.7 Å². The molecule has 1 aliphatic rings. The fraction of sp³-hybridized carbons (Fsp3) is 0.208. The van der Waals surface area contributed by atoms with Crippen molar-refractivity contribution in [2.45, 2.75) is 23.1 Å². The Morgan fingerprint density at radius 2 is 1.70 bits per heavy atom. The van der Waals surface area contributed by atoms with E-state index in [1.807, 2.05) is 19.1 Å². The van der Waals surface area contributed by atoms with E-state index in [-0.39, 0.29) is 27.9 Å². The number of benzene rings is 3. The van der Waals surface area contributed by atoms with Gasteiger partial charge in [0, 0.05) is 11.8 Å². The van der Waals surface area contributed by atoms with Crippen LogP contribution < -0.4 is 20.1 Å². The van der Waals surface area contributed by atoms with E-state index in [4.69, 9.17) is 9.47 Å². The Morgan fingerprint density at radius 3 is 2.42 bits per heavy atom. The van der Waals surface area contributed by atoms with Crippen molar-refractivity contribution in [3.05, 3.63) is 72.0 Å². The molecule has 33 heavy (non-hydrogen) atoms. The zero-order valence-electron chi connectivity index (χ0n) is 17.9. The maximum absolute atomic E-state index is 14.0. The van der Waals surface area contributed by atoms with Crippen LogP contribution in [0.25, 0.3) is 0 Å². The average Bonchev–Trinajstić information content (AvgIpc) is 2.83. The molecule has 1 amide bonds. The van der Waals surface area contributed by atoms with Gasteiger partial charge in [0.1, 0.15) is 19.0 Å². The van der Waals surface area contributed by atoms with Crippen molar-refractivity contribution < 1.29 is 27.1 Å². The molecule has 0 aromatic heterocycles. The highest BCUT2D eigenvalue weighted by Gasteiger charge is 2.25. The van der Waals surface area contributed by atoms with Gasteiger partial charge in [-0.2, -0.15) is 0 Å². The summed E-state index contributed by atoms with van der Waals surface area (Å²) >= 11 is 0. The highest BCUT2D eigenvalue weighted by Crippen LogP contribution is 2.36. The minimum Gasteiger partial charge on any atom is -0.486 e. The van der Waals surface area contributed by atoms with Crippen LogP contribution in [0.4, 0.5) is 15.8 Å². The molecule has 0 spiro atoms. The van der Waals surface area contributed by atoms with Crippen molar-refractivity contribution in [1.82, 2.24) is 0 Å². The molecule has 0 aliphatic carbocycles. The van der Waals surface area contributed by atoms with Crippen molar-refractivity contribution in [3.63, 3.8) is 0 Å². The molecule has 0 saturated heterocycles. The Kier molecular flexibility index (Phi) is 6.50. The van der Waals surface area contributed by atoms with Crippen LogP contribution in [-0.4, -0.2) is 34.1 Å². The number of fused-ring (bicyclic) bond motifs is 1. The first-order chi connectivity index (χ1) is 15.9. The fourth-order valence-corrected chi connectivity index (χ4v) is 4.85. The van der Waals surface area contributed by atoms with Crippen molar-refractivity contribution in [1.29, 1.82) is 0 Å². The largest absolute Gasteiger partial charge is 0.486 e. The fourth-order valence-electron chi connectivity index (χ4n) is 3.39. The lowest BCUT2D eigenvalue weighted by Gasteiger charge is -2.19. The summed E-state index contributed by atoms with van der Waals surface area (Å²) in [6, 6.07) is 15.0. The van der Waals surface area contributed by atoms with Gasteiger partial charge in [0.05, 0.1) is 22.0 Å². The molecule has 0 fully saturated rings. The number of halogens is 1. The third-order valence-corrected chi connectivity index (χ3v) is 6.93. The van der Waals surface area contributed by atoms with Crippen LogP contribution in [-0.2, 0) is 21.1 Å². The smallest absolute Gasteiger partial charge is 0.243 e. The Bertz CT molecular complexity index is 1280. The van der Waals surface area contributed by atoms with Crippen LogP contribution in [0, 0.1) is 5.82 Å². The maximum atomic E-state index is 14.0. The molecular weight excluding hydrogens is 447 g/mol. The number of hydrogen-bond donors (Lipinski definition) is 2. The van der Waals surface area contributed by atoms with Gasteiger partial charge in [0.15, 0.2) is 11.5 Å². The van der Waals surface area contributed by atoms with E-state index in [1.165, 1.54) is 24.3 Å². The Morgan fingerprint density at radius 1 is 0.970 bits per heavy atom. The summed E-state index contributed by atoms with van der Waals surface area (Å²) in [7, 11) is -4.11. The monoisotopic (exact) mass is 470 g/mol. The van der Waals surface area contributed by atoms with Crippen molar-refractivity contribution in [3.8, 4) is 11.5 Å². The number of aryl methyl sites for hydroxylation is 1. The molecule has 1 heterocycles. The predicted molar refractivity (Wildman–Crippen MR) is 122 cm³/mol. The van der Waals surface area contributed by atoms with Crippen LogP contribution in [0.15, 0.2) is 70.5 Å². The number of amides is 1. The van der Waals surface area contributed by atoms with E-state index in [2.05, 4.69) is 10.6 Å². The van der Waals surface area contributed by atoms with Crippen molar-refractivity contribution >= 4 is 27.1 Å². The van der Waals surface area contributed by atoms with Crippen molar-refractivity contribution in [2.75, 3.05) is 30.4 Å². The van der Waals surface area contributed by atoms with Crippen LogP contribution in [0.5, 0.6) is 11.5 Å². The van der Waals surface area contributed by atoms with Gasteiger partial charge in [-0.05, 0) is 54.4 Å². The molecular formula is C24H23FN2O5S. The summed E-state index contributed by atoms with van der Waals surface area (Å²) in [6.45, 7) is 2.52. The SMILES string of the molecule is CCc1ccc(NC(=O)CNc2ccc(F)cc2S(=O)(=O)c2ccc3c(c2)OCCO3)cc1. The second-order valence-electron chi connectivity index (χ2n) is 7.40. The summed E-state index contributed by atoms with van der Waals surface area (Å²) in [6.07, 6.45) is 0.890. The Labute approximate surface area is 191 Å². The molecule has 0 atom stereocenters. The number of hydrogen-bond acceptors (Lipinski definition) is 6. The molecule has 1 aliphatic heterocycles. The molecule has 0 saturated carbocycles. The summed E-state index contributed by atoms with van der Waals surface area (Å²) in [4.78, 5) is 12.0. The number of ether oxygens (including phenoxy) is 2. The molecule has 3 aromatic rings. The van der Waals surface area contributed by atoms with E-state index in [0.717, 1.165) is 24.1 Å². The number of rotatable bonds is 7. The lowest BCUT2D eigenvalue weighted by Crippen LogP contribution is -2.22. The van der Waals surface area contributed by atoms with Gasteiger partial charge < -0.3 is 20.1 Å². The first-order valence-corrected chi connectivity index (χ1v) is 11.9. The van der Waals surface area contributed by atoms with E-state index >= 15 is 0 Å². The zero-order valence-corrected chi connectivity index (χ0v) is 18.7. The molecule has 4 rings (SSSR count). The topological polar surface area (TPSA) is 93.7 Å². The number of carbonyl (C=O) groups excluding carboxylic acids is 1. The minimum absolute atomic E-state index is 0.0686. The first-order valence-electron chi connectivity index (χ1n) is 10.4. The quantitative estimate of drug-likeness (QED) is 0.541. The molecule has 0 unspecified atom stereocenters. The number of sulfone groups is 1. The van der Waals surface area contributed by atoms with E-state index in [1.54, 1.807) is 12.1 Å². The highest BCUT2D eigenvalue weighted by molar-refractivity contribution is 7.91.